The summed E-state index contributed by atoms with van der Waals surface area (Å²) >= 11 is 12.0. The summed E-state index contributed by atoms with van der Waals surface area (Å²) in [6, 6.07) is 0. The van der Waals surface area contributed by atoms with Gasteiger partial charge in [0.05, 0.1) is 5.38 Å². The van der Waals surface area contributed by atoms with Crippen LogP contribution in [0.2, 0.25) is 0 Å². The molecule has 0 saturated heterocycles. The smallest absolute Gasteiger partial charge is 0.0602 e. The standard InChI is InChI=1S/C15H22Cl2/c1-6-12(4)9-14(15(17)11(2)3)8-7-13(5)10-16/h6,9-10,14-15H,1-2,7-8H2,3-5H3. The normalized spacial score (nSPS) is 16.5. The maximum Gasteiger partial charge on any atom is 0.0602 e. The number of hydrogen-bond acceptors (Lipinski definition) is 0. The molecule has 17 heavy (non-hydrogen) atoms. The van der Waals surface area contributed by atoms with Crippen molar-refractivity contribution >= 4 is 23.2 Å². The van der Waals surface area contributed by atoms with Gasteiger partial charge < -0.3 is 0 Å². The largest absolute Gasteiger partial charge is 0.118 e. The average molecular weight is 273 g/mol. The molecule has 0 fully saturated rings. The van der Waals surface area contributed by atoms with Crippen molar-refractivity contribution in [2.24, 2.45) is 5.92 Å². The fourth-order valence-electron chi connectivity index (χ4n) is 1.53. The first kappa shape index (κ1) is 16.5. The highest BCUT2D eigenvalue weighted by molar-refractivity contribution is 6.25. The van der Waals surface area contributed by atoms with Gasteiger partial charge in [-0.25, -0.2) is 0 Å². The van der Waals surface area contributed by atoms with Crippen LogP contribution >= 0.6 is 23.2 Å². The SMILES string of the molecule is C=CC(C)=CC(CCC(C)=CCl)C(Cl)C(=C)C. The summed E-state index contributed by atoms with van der Waals surface area (Å²) in [6.45, 7) is 13.7. The molecule has 0 aliphatic heterocycles. The zero-order chi connectivity index (χ0) is 13.4. The lowest BCUT2D eigenvalue weighted by atomic mass is 9.92. The van der Waals surface area contributed by atoms with Crippen LogP contribution in [0.25, 0.3) is 0 Å². The van der Waals surface area contributed by atoms with E-state index in [-0.39, 0.29) is 11.3 Å². The second-order valence-electron chi connectivity index (χ2n) is 4.52. The van der Waals surface area contributed by atoms with E-state index in [9.17, 15) is 0 Å². The zero-order valence-corrected chi connectivity index (χ0v) is 12.5. The Bertz CT molecular complexity index is 324. The number of rotatable bonds is 7. The molecular weight excluding hydrogens is 251 g/mol. The fourth-order valence-corrected chi connectivity index (χ4v) is 1.84. The van der Waals surface area contributed by atoms with Crippen LogP contribution in [0, 0.1) is 5.92 Å². The van der Waals surface area contributed by atoms with E-state index in [4.69, 9.17) is 23.2 Å². The van der Waals surface area contributed by atoms with Crippen LogP contribution < -0.4 is 0 Å². The second-order valence-corrected chi connectivity index (χ2v) is 5.21. The summed E-state index contributed by atoms with van der Waals surface area (Å²) in [5, 5.41) is -0.0342. The Hall–Kier alpha value is -0.460. The molecule has 2 atom stereocenters. The van der Waals surface area contributed by atoms with Crippen LogP contribution in [0.4, 0.5) is 0 Å². The van der Waals surface area contributed by atoms with E-state index in [1.165, 1.54) is 5.57 Å². The zero-order valence-electron chi connectivity index (χ0n) is 11.0. The third kappa shape index (κ3) is 6.75. The van der Waals surface area contributed by atoms with E-state index in [0.29, 0.717) is 0 Å². The molecule has 0 amide bonds. The number of halogens is 2. The minimum Gasteiger partial charge on any atom is -0.118 e. The van der Waals surface area contributed by atoms with Crippen molar-refractivity contribution in [2.75, 3.05) is 0 Å². The Kier molecular flexibility index (Phi) is 8.37. The predicted molar refractivity (Wildman–Crippen MR) is 80.7 cm³/mol. The van der Waals surface area contributed by atoms with Crippen molar-refractivity contribution in [1.29, 1.82) is 0 Å². The van der Waals surface area contributed by atoms with Gasteiger partial charge in [-0.1, -0.05) is 53.6 Å². The molecule has 0 aliphatic rings. The van der Waals surface area contributed by atoms with Crippen molar-refractivity contribution < 1.29 is 0 Å². The van der Waals surface area contributed by atoms with Gasteiger partial charge in [0.2, 0.25) is 0 Å². The highest BCUT2D eigenvalue weighted by Gasteiger charge is 2.17. The third-order valence-corrected chi connectivity index (χ3v) is 3.77. The Labute approximate surface area is 116 Å². The van der Waals surface area contributed by atoms with Crippen LogP contribution in [0.1, 0.15) is 33.6 Å². The van der Waals surface area contributed by atoms with Gasteiger partial charge in [-0.15, -0.1) is 11.6 Å². The van der Waals surface area contributed by atoms with Crippen LogP contribution in [-0.2, 0) is 0 Å². The van der Waals surface area contributed by atoms with Crippen molar-refractivity contribution in [3.63, 3.8) is 0 Å². The molecule has 0 heterocycles. The van der Waals surface area contributed by atoms with E-state index in [1.807, 2.05) is 26.8 Å². The van der Waals surface area contributed by atoms with Gasteiger partial charge in [0, 0.05) is 5.54 Å². The van der Waals surface area contributed by atoms with Gasteiger partial charge in [0.25, 0.3) is 0 Å². The van der Waals surface area contributed by atoms with E-state index >= 15 is 0 Å². The Morgan fingerprint density at radius 2 is 1.88 bits per heavy atom. The third-order valence-electron chi connectivity index (χ3n) is 2.70. The van der Waals surface area contributed by atoms with Crippen LogP contribution in [0.3, 0.4) is 0 Å². The second kappa shape index (κ2) is 8.60. The number of alkyl halides is 1. The molecule has 96 valence electrons. The first-order valence-electron chi connectivity index (χ1n) is 5.78. The lowest BCUT2D eigenvalue weighted by Gasteiger charge is -2.20. The summed E-state index contributed by atoms with van der Waals surface area (Å²) in [6.07, 6.45) is 5.94. The molecule has 0 nitrogen and oxygen atoms in total. The molecule has 0 N–H and O–H groups in total. The maximum absolute atomic E-state index is 6.38. The molecule has 0 aromatic carbocycles. The lowest BCUT2D eigenvalue weighted by Crippen LogP contribution is -2.14. The minimum absolute atomic E-state index is 0.0342. The van der Waals surface area contributed by atoms with Crippen molar-refractivity contribution in [3.05, 3.63) is 47.6 Å². The number of allylic oxidation sites excluding steroid dienone is 5. The molecule has 2 unspecified atom stereocenters. The summed E-state index contributed by atoms with van der Waals surface area (Å²) < 4.78 is 0. The Morgan fingerprint density at radius 1 is 1.29 bits per heavy atom. The van der Waals surface area contributed by atoms with Gasteiger partial charge in [0.1, 0.15) is 0 Å². The van der Waals surface area contributed by atoms with Gasteiger partial charge in [-0.05, 0) is 39.5 Å². The first-order valence-corrected chi connectivity index (χ1v) is 6.65. The molecule has 0 bridgehead atoms. The van der Waals surface area contributed by atoms with Gasteiger partial charge in [-0.3, -0.25) is 0 Å². The van der Waals surface area contributed by atoms with E-state index in [2.05, 4.69) is 19.2 Å². The van der Waals surface area contributed by atoms with Crippen LogP contribution in [-0.4, -0.2) is 5.38 Å². The lowest BCUT2D eigenvalue weighted by molar-refractivity contribution is 0.588. The van der Waals surface area contributed by atoms with Gasteiger partial charge in [-0.2, -0.15) is 0 Å². The molecule has 0 radical (unpaired) electrons. The molecule has 0 saturated carbocycles. The first-order chi connectivity index (χ1) is 7.92. The van der Waals surface area contributed by atoms with Crippen LogP contribution in [0.15, 0.2) is 47.6 Å². The van der Waals surface area contributed by atoms with E-state index in [0.717, 1.165) is 24.0 Å². The van der Waals surface area contributed by atoms with E-state index < -0.39 is 0 Å². The highest BCUT2D eigenvalue weighted by Crippen LogP contribution is 2.26. The molecule has 0 rings (SSSR count). The van der Waals surface area contributed by atoms with Crippen molar-refractivity contribution in [2.45, 2.75) is 39.0 Å². The highest BCUT2D eigenvalue weighted by atomic mass is 35.5. The van der Waals surface area contributed by atoms with Gasteiger partial charge >= 0.3 is 0 Å². The topological polar surface area (TPSA) is 0 Å². The summed E-state index contributed by atoms with van der Waals surface area (Å²) in [7, 11) is 0. The number of hydrogen-bond donors (Lipinski definition) is 0. The average Bonchev–Trinajstić information content (AvgIpc) is 2.32. The maximum atomic E-state index is 6.38. The molecule has 0 spiro atoms. The van der Waals surface area contributed by atoms with Gasteiger partial charge in [0.15, 0.2) is 0 Å². The predicted octanol–water partition coefficient (Wildman–Crippen LogP) is 5.84. The van der Waals surface area contributed by atoms with Crippen molar-refractivity contribution in [3.8, 4) is 0 Å². The van der Waals surface area contributed by atoms with Crippen molar-refractivity contribution in [1.82, 2.24) is 0 Å². The summed E-state index contributed by atoms with van der Waals surface area (Å²) in [5.41, 5.74) is 4.95. The fraction of sp³-hybridized carbons (Fsp3) is 0.467. The Balaban J connectivity index is 4.74. The molecule has 0 aromatic rings. The summed E-state index contributed by atoms with van der Waals surface area (Å²) in [4.78, 5) is 0. The van der Waals surface area contributed by atoms with Crippen LogP contribution in [0.5, 0.6) is 0 Å². The molecule has 0 aromatic heterocycles. The molecular formula is C15H22Cl2. The molecule has 2 heteroatoms. The molecule has 0 aliphatic carbocycles. The minimum atomic E-state index is -0.0342. The monoisotopic (exact) mass is 272 g/mol. The quantitative estimate of drug-likeness (QED) is 0.310. The van der Waals surface area contributed by atoms with E-state index in [1.54, 1.807) is 5.54 Å². The summed E-state index contributed by atoms with van der Waals surface area (Å²) in [5.74, 6) is 0.277. The Morgan fingerprint density at radius 3 is 2.29 bits per heavy atom.